The van der Waals surface area contributed by atoms with E-state index < -0.39 is 15.1 Å². The zero-order valence-corrected chi connectivity index (χ0v) is 8.97. The summed E-state index contributed by atoms with van der Waals surface area (Å²) in [6.45, 7) is 1.29. The van der Waals surface area contributed by atoms with Crippen LogP contribution in [0.15, 0.2) is 0 Å². The molecule has 0 saturated carbocycles. The topological polar surface area (TPSA) is 81.2 Å². The first-order valence-electron chi connectivity index (χ1n) is 2.05. The van der Waals surface area contributed by atoms with Gasteiger partial charge in [-0.25, -0.2) is 14.7 Å². The van der Waals surface area contributed by atoms with Gasteiger partial charge < -0.3 is 10.3 Å². The van der Waals surface area contributed by atoms with Gasteiger partial charge in [-0.05, 0) is 5.25 Å². The Hall–Kier alpha value is 0.580. The van der Waals surface area contributed by atoms with Crippen molar-refractivity contribution in [1.82, 2.24) is 0 Å². The molecule has 10 heavy (non-hydrogen) atoms. The summed E-state index contributed by atoms with van der Waals surface area (Å²) in [5, 5.41) is -0.984. The second-order valence-electron chi connectivity index (χ2n) is 1.59. The molecule has 0 aliphatic rings. The van der Waals surface area contributed by atoms with E-state index >= 15 is 0 Å². The Morgan fingerprint density at radius 3 is 1.70 bits per heavy atom. The van der Waals surface area contributed by atoms with E-state index in [2.05, 4.69) is 0 Å². The summed E-state index contributed by atoms with van der Waals surface area (Å²) in [5.41, 5.74) is 0. The summed E-state index contributed by atoms with van der Waals surface area (Å²) in [6, 6.07) is 0. The molecule has 0 aliphatic carbocycles. The van der Waals surface area contributed by atoms with Crippen LogP contribution in [-0.4, -0.2) is 31.7 Å². The molecular formula is C4H8NaO4S-. The molecule has 0 rings (SSSR count). The van der Waals surface area contributed by atoms with E-state index in [-0.39, 0.29) is 35.0 Å². The second-order valence-corrected chi connectivity index (χ2v) is 3.96. The van der Waals surface area contributed by atoms with Crippen LogP contribution in [0.3, 0.4) is 0 Å². The van der Waals surface area contributed by atoms with Crippen LogP contribution in [0, 0.1) is 0 Å². The number of sulfone groups is 1. The van der Waals surface area contributed by atoms with Gasteiger partial charge in [0.25, 0.3) is 0 Å². The van der Waals surface area contributed by atoms with Gasteiger partial charge in [0.05, 0.1) is 0 Å². The molecule has 0 amide bonds. The van der Waals surface area contributed by atoms with Gasteiger partial charge in [0, 0.05) is 6.26 Å². The van der Waals surface area contributed by atoms with Crippen molar-refractivity contribution >= 4 is 16.1 Å². The standard InChI is InChI=1S/C4H7O3S.Na.H2O/c1-4(3-5)8(2,6)7;;/h4H,1-2H3;;1H2/q-1;+1;/p-1. The molecule has 0 aromatic carbocycles. The average molecular weight is 175 g/mol. The zero-order valence-electron chi connectivity index (χ0n) is 6.16. The third-order valence-corrected chi connectivity index (χ3v) is 2.19. The maximum absolute atomic E-state index is 10.3. The molecule has 1 N–H and O–H groups in total. The van der Waals surface area contributed by atoms with E-state index in [0.717, 1.165) is 6.26 Å². The fourth-order valence-electron chi connectivity index (χ4n) is 0.0874. The van der Waals surface area contributed by atoms with Crippen LogP contribution in [0.1, 0.15) is 6.92 Å². The van der Waals surface area contributed by atoms with Crippen molar-refractivity contribution in [3.63, 3.8) is 0 Å². The first-order valence-corrected chi connectivity index (χ1v) is 4.00. The summed E-state index contributed by atoms with van der Waals surface area (Å²) in [7, 11) is -3.18. The predicted octanol–water partition coefficient (Wildman–Crippen LogP) is -3.64. The SMILES string of the molecule is CC([C-]=O)S(C)(=O)=O.[Na+].[OH-]. The van der Waals surface area contributed by atoms with Crippen LogP contribution in [0.4, 0.5) is 0 Å². The molecule has 0 aromatic heterocycles. The molecule has 1 atom stereocenters. The van der Waals surface area contributed by atoms with Crippen molar-refractivity contribution in [2.45, 2.75) is 12.2 Å². The van der Waals surface area contributed by atoms with E-state index in [1.807, 2.05) is 0 Å². The number of hydrogen-bond acceptors (Lipinski definition) is 4. The smallest absolute Gasteiger partial charge is 0.870 e. The van der Waals surface area contributed by atoms with Crippen molar-refractivity contribution in [2.75, 3.05) is 6.26 Å². The zero-order chi connectivity index (χ0) is 6.78. The monoisotopic (exact) mass is 175 g/mol. The van der Waals surface area contributed by atoms with Gasteiger partial charge in [-0.1, -0.05) is 6.92 Å². The molecule has 4 nitrogen and oxygen atoms in total. The Bertz CT molecular complexity index is 174. The Labute approximate surface area is 82.5 Å². The van der Waals surface area contributed by atoms with E-state index in [0.29, 0.717) is 0 Å². The molecule has 0 heterocycles. The summed E-state index contributed by atoms with van der Waals surface area (Å²) in [4.78, 5) is 9.65. The third kappa shape index (κ3) is 6.70. The minimum Gasteiger partial charge on any atom is -0.870 e. The van der Waals surface area contributed by atoms with Crippen molar-refractivity contribution in [2.24, 2.45) is 0 Å². The molecule has 0 bridgehead atoms. The molecule has 0 spiro atoms. The normalized spacial score (nSPS) is 12.2. The van der Waals surface area contributed by atoms with Crippen molar-refractivity contribution in [3.05, 3.63) is 0 Å². The van der Waals surface area contributed by atoms with Gasteiger partial charge in [0.1, 0.15) is 9.84 Å². The number of carbonyl (C=O) groups excluding carboxylic acids is 1. The Morgan fingerprint density at radius 2 is 1.70 bits per heavy atom. The molecule has 0 fully saturated rings. The van der Waals surface area contributed by atoms with E-state index in [1.54, 1.807) is 0 Å². The van der Waals surface area contributed by atoms with Crippen LogP contribution in [0.5, 0.6) is 0 Å². The molecule has 0 radical (unpaired) electrons. The number of hydrogen-bond donors (Lipinski definition) is 0. The molecular weight excluding hydrogens is 167 g/mol. The van der Waals surface area contributed by atoms with Gasteiger partial charge in [0.2, 0.25) is 0 Å². The second kappa shape index (κ2) is 6.30. The average Bonchev–Trinajstić information content (AvgIpc) is 1.62. The summed E-state index contributed by atoms with van der Waals surface area (Å²) >= 11 is 0. The first-order chi connectivity index (χ1) is 3.48. The Balaban J connectivity index is -0.000000245. The van der Waals surface area contributed by atoms with E-state index in [1.165, 1.54) is 13.2 Å². The van der Waals surface area contributed by atoms with Crippen LogP contribution in [0.2, 0.25) is 0 Å². The number of rotatable bonds is 2. The van der Waals surface area contributed by atoms with Crippen LogP contribution >= 0.6 is 0 Å². The summed E-state index contributed by atoms with van der Waals surface area (Å²) in [6.07, 6.45) is 2.37. The Kier molecular flexibility index (Phi) is 10.6. The third-order valence-electron chi connectivity index (χ3n) is 0.808. The van der Waals surface area contributed by atoms with Crippen molar-refractivity contribution in [3.8, 4) is 0 Å². The van der Waals surface area contributed by atoms with Gasteiger partial charge in [-0.3, -0.25) is 0 Å². The minimum atomic E-state index is -3.18. The van der Waals surface area contributed by atoms with E-state index in [9.17, 15) is 13.2 Å². The molecule has 6 heteroatoms. The quantitative estimate of drug-likeness (QED) is 0.320. The molecule has 0 aromatic rings. The van der Waals surface area contributed by atoms with Crippen molar-refractivity contribution < 1.29 is 48.2 Å². The first kappa shape index (κ1) is 16.9. The van der Waals surface area contributed by atoms with Gasteiger partial charge in [-0.2, -0.15) is 0 Å². The van der Waals surface area contributed by atoms with Gasteiger partial charge in [0.15, 0.2) is 0 Å². The summed E-state index contributed by atoms with van der Waals surface area (Å²) in [5.74, 6) is 0. The van der Waals surface area contributed by atoms with Crippen LogP contribution in [0.25, 0.3) is 0 Å². The fraction of sp³-hybridized carbons (Fsp3) is 0.750. The van der Waals surface area contributed by atoms with Crippen molar-refractivity contribution in [1.29, 1.82) is 0 Å². The maximum Gasteiger partial charge on any atom is 1.00 e. The Morgan fingerprint density at radius 1 is 1.40 bits per heavy atom. The van der Waals surface area contributed by atoms with Gasteiger partial charge in [-0.15, -0.1) is 0 Å². The minimum absolute atomic E-state index is 0. The van der Waals surface area contributed by atoms with E-state index in [4.69, 9.17) is 0 Å². The largest absolute Gasteiger partial charge is 1.00 e. The predicted molar refractivity (Wildman–Crippen MR) is 31.9 cm³/mol. The molecule has 0 saturated heterocycles. The van der Waals surface area contributed by atoms with Crippen LogP contribution in [-0.2, 0) is 14.6 Å². The molecule has 1 unspecified atom stereocenters. The molecule has 56 valence electrons. The van der Waals surface area contributed by atoms with Crippen LogP contribution < -0.4 is 29.6 Å². The fourth-order valence-corrected chi connectivity index (χ4v) is 0.262. The maximum atomic E-state index is 10.3. The summed E-state index contributed by atoms with van der Waals surface area (Å²) < 4.78 is 20.6. The molecule has 0 aliphatic heterocycles. The van der Waals surface area contributed by atoms with Gasteiger partial charge >= 0.3 is 29.6 Å².